The Morgan fingerprint density at radius 2 is 1.83 bits per heavy atom. The fraction of sp³-hybridized carbons (Fsp3) is 0.381. The number of hydrogen-bond acceptors (Lipinski definition) is 2. The van der Waals surface area contributed by atoms with Gasteiger partial charge in [-0.3, -0.25) is 4.79 Å². The van der Waals surface area contributed by atoms with Crippen molar-refractivity contribution in [2.75, 3.05) is 5.75 Å². The molecule has 0 aliphatic rings. The largest absolute Gasteiger partial charge is 0.349 e. The van der Waals surface area contributed by atoms with Crippen LogP contribution in [0.1, 0.15) is 48.1 Å². The molecule has 0 heterocycles. The monoisotopic (exact) mass is 341 g/mol. The van der Waals surface area contributed by atoms with Crippen LogP contribution in [-0.4, -0.2) is 11.7 Å². The van der Waals surface area contributed by atoms with Crippen molar-refractivity contribution in [2.45, 2.75) is 45.4 Å². The van der Waals surface area contributed by atoms with Crippen LogP contribution >= 0.6 is 11.8 Å². The van der Waals surface area contributed by atoms with Crippen LogP contribution in [0.15, 0.2) is 48.5 Å². The third-order valence-electron chi connectivity index (χ3n) is 4.26. The van der Waals surface area contributed by atoms with Gasteiger partial charge in [-0.15, -0.1) is 0 Å². The van der Waals surface area contributed by atoms with Crippen LogP contribution in [0.2, 0.25) is 0 Å². The summed E-state index contributed by atoms with van der Waals surface area (Å²) in [6.07, 6.45) is 1.48. The molecule has 0 fully saturated rings. The van der Waals surface area contributed by atoms with E-state index >= 15 is 0 Å². The Morgan fingerprint density at radius 3 is 2.50 bits per heavy atom. The first kappa shape index (κ1) is 18.6. The lowest BCUT2D eigenvalue weighted by Crippen LogP contribution is -2.28. The zero-order valence-electron chi connectivity index (χ0n) is 14.8. The van der Waals surface area contributed by atoms with Gasteiger partial charge < -0.3 is 5.32 Å². The molecule has 0 aromatic heterocycles. The highest BCUT2D eigenvalue weighted by Gasteiger charge is 2.13. The molecule has 1 amide bonds. The molecule has 1 N–H and O–H groups in total. The maximum Gasteiger partial charge on any atom is 0.221 e. The second-order valence-corrected chi connectivity index (χ2v) is 7.27. The first-order valence-electron chi connectivity index (χ1n) is 8.58. The molecule has 128 valence electrons. The molecule has 0 saturated carbocycles. The van der Waals surface area contributed by atoms with E-state index in [9.17, 15) is 4.79 Å². The second-order valence-electron chi connectivity index (χ2n) is 6.16. The van der Waals surface area contributed by atoms with Gasteiger partial charge in [-0.1, -0.05) is 55.5 Å². The number of aryl methyl sites for hydroxylation is 2. The zero-order chi connectivity index (χ0) is 17.4. The predicted molar refractivity (Wildman–Crippen MR) is 104 cm³/mol. The number of hydrogen-bond donors (Lipinski definition) is 1. The molecule has 3 heteroatoms. The fourth-order valence-electron chi connectivity index (χ4n) is 2.60. The third-order valence-corrected chi connectivity index (χ3v) is 5.29. The van der Waals surface area contributed by atoms with Crippen LogP contribution in [0, 0.1) is 13.8 Å². The summed E-state index contributed by atoms with van der Waals surface area (Å²) in [5.41, 5.74) is 5.08. The molecule has 0 bridgehead atoms. The van der Waals surface area contributed by atoms with E-state index < -0.39 is 0 Å². The fourth-order valence-corrected chi connectivity index (χ4v) is 3.50. The van der Waals surface area contributed by atoms with Gasteiger partial charge in [-0.25, -0.2) is 0 Å². The van der Waals surface area contributed by atoms with Crippen molar-refractivity contribution >= 4 is 17.7 Å². The minimum absolute atomic E-state index is 0.107. The Balaban J connectivity index is 1.78. The first-order chi connectivity index (χ1) is 11.6. The van der Waals surface area contributed by atoms with Gasteiger partial charge in [-0.05, 0) is 42.5 Å². The summed E-state index contributed by atoms with van der Waals surface area (Å²) in [6, 6.07) is 16.9. The molecule has 0 aliphatic carbocycles. The topological polar surface area (TPSA) is 29.1 Å². The molecule has 0 saturated heterocycles. The molecule has 24 heavy (non-hydrogen) atoms. The summed E-state index contributed by atoms with van der Waals surface area (Å²) in [5, 5.41) is 3.18. The highest BCUT2D eigenvalue weighted by atomic mass is 32.2. The molecule has 2 aromatic rings. The maximum absolute atomic E-state index is 12.2. The molecule has 0 unspecified atom stereocenters. The Morgan fingerprint density at radius 1 is 1.08 bits per heavy atom. The average molecular weight is 342 g/mol. The average Bonchev–Trinajstić information content (AvgIpc) is 2.60. The normalized spacial score (nSPS) is 12.0. The number of rotatable bonds is 8. The molecule has 1 atom stereocenters. The Hall–Kier alpha value is -1.74. The van der Waals surface area contributed by atoms with Gasteiger partial charge in [0.2, 0.25) is 5.91 Å². The summed E-state index contributed by atoms with van der Waals surface area (Å²) < 4.78 is 0. The molecule has 0 radical (unpaired) electrons. The number of carbonyl (C=O) groups is 1. The number of amides is 1. The van der Waals surface area contributed by atoms with Crippen LogP contribution in [0.4, 0.5) is 0 Å². The standard InChI is InChI=1S/C21H27NOS/c1-4-20(19-11-10-16(2)17(3)14-19)22-21(23)12-13-24-15-18-8-6-5-7-9-18/h5-11,14,20H,4,12-13,15H2,1-3H3,(H,22,23)/t20-/m1/s1. The van der Waals surface area contributed by atoms with E-state index in [4.69, 9.17) is 0 Å². The minimum Gasteiger partial charge on any atom is -0.349 e. The Labute approximate surface area is 150 Å². The number of benzene rings is 2. The number of thioether (sulfide) groups is 1. The summed E-state index contributed by atoms with van der Waals surface area (Å²) in [5.74, 6) is 1.95. The van der Waals surface area contributed by atoms with Gasteiger partial charge in [0, 0.05) is 17.9 Å². The molecule has 2 nitrogen and oxygen atoms in total. The summed E-state index contributed by atoms with van der Waals surface area (Å²) >= 11 is 1.81. The van der Waals surface area contributed by atoms with Crippen LogP contribution in [0.5, 0.6) is 0 Å². The van der Waals surface area contributed by atoms with Crippen molar-refractivity contribution in [3.05, 3.63) is 70.8 Å². The number of nitrogens with one attached hydrogen (secondary N) is 1. The summed E-state index contributed by atoms with van der Waals surface area (Å²) in [6.45, 7) is 6.35. The van der Waals surface area contributed by atoms with E-state index in [1.54, 1.807) is 0 Å². The molecule has 0 aliphatic heterocycles. The summed E-state index contributed by atoms with van der Waals surface area (Å²) in [7, 11) is 0. The minimum atomic E-state index is 0.107. The van der Waals surface area contributed by atoms with Crippen molar-refractivity contribution in [2.24, 2.45) is 0 Å². The van der Waals surface area contributed by atoms with Crippen molar-refractivity contribution in [3.8, 4) is 0 Å². The first-order valence-corrected chi connectivity index (χ1v) is 9.73. The van der Waals surface area contributed by atoms with E-state index in [-0.39, 0.29) is 11.9 Å². The van der Waals surface area contributed by atoms with Crippen molar-refractivity contribution in [1.29, 1.82) is 0 Å². The molecule has 2 rings (SSSR count). The molecule has 0 spiro atoms. The van der Waals surface area contributed by atoms with E-state index in [2.05, 4.69) is 68.6 Å². The van der Waals surface area contributed by atoms with Crippen LogP contribution < -0.4 is 5.32 Å². The predicted octanol–water partition coefficient (Wildman–Crippen LogP) is 5.19. The lowest BCUT2D eigenvalue weighted by molar-refractivity contribution is -0.121. The van der Waals surface area contributed by atoms with Gasteiger partial charge in [-0.2, -0.15) is 11.8 Å². The highest BCUT2D eigenvalue weighted by Crippen LogP contribution is 2.20. The van der Waals surface area contributed by atoms with E-state index in [0.29, 0.717) is 6.42 Å². The lowest BCUT2D eigenvalue weighted by atomic mass is 9.99. The second kappa shape index (κ2) is 9.53. The van der Waals surface area contributed by atoms with Crippen LogP contribution in [0.25, 0.3) is 0 Å². The van der Waals surface area contributed by atoms with Gasteiger partial charge in [0.25, 0.3) is 0 Å². The number of carbonyl (C=O) groups excluding carboxylic acids is 1. The SMILES string of the molecule is CC[C@@H](NC(=O)CCSCc1ccccc1)c1ccc(C)c(C)c1. The van der Waals surface area contributed by atoms with Gasteiger partial charge in [0.05, 0.1) is 6.04 Å². The quantitative estimate of drug-likeness (QED) is 0.669. The van der Waals surface area contributed by atoms with E-state index in [0.717, 1.165) is 17.9 Å². The molecular weight excluding hydrogens is 314 g/mol. The van der Waals surface area contributed by atoms with E-state index in [1.807, 2.05) is 17.8 Å². The maximum atomic E-state index is 12.2. The van der Waals surface area contributed by atoms with Crippen molar-refractivity contribution in [1.82, 2.24) is 5.32 Å². The molecule has 2 aromatic carbocycles. The molecular formula is C21H27NOS. The van der Waals surface area contributed by atoms with Crippen molar-refractivity contribution < 1.29 is 4.79 Å². The highest BCUT2D eigenvalue weighted by molar-refractivity contribution is 7.98. The zero-order valence-corrected chi connectivity index (χ0v) is 15.7. The van der Waals surface area contributed by atoms with E-state index in [1.165, 1.54) is 22.3 Å². The van der Waals surface area contributed by atoms with Gasteiger partial charge in [0.15, 0.2) is 0 Å². The van der Waals surface area contributed by atoms with Crippen LogP contribution in [0.3, 0.4) is 0 Å². The Kier molecular flexibility index (Phi) is 7.38. The summed E-state index contributed by atoms with van der Waals surface area (Å²) in [4.78, 5) is 12.2. The van der Waals surface area contributed by atoms with Crippen molar-refractivity contribution in [3.63, 3.8) is 0 Å². The van der Waals surface area contributed by atoms with Gasteiger partial charge >= 0.3 is 0 Å². The third kappa shape index (κ3) is 5.72. The Bertz CT molecular complexity index is 654. The van der Waals surface area contributed by atoms with Gasteiger partial charge in [0.1, 0.15) is 0 Å². The smallest absolute Gasteiger partial charge is 0.221 e. The lowest BCUT2D eigenvalue weighted by Gasteiger charge is -2.18. The van der Waals surface area contributed by atoms with Crippen LogP contribution in [-0.2, 0) is 10.5 Å².